The molecule has 0 bridgehead atoms. The molecule has 0 aromatic heterocycles. The Hall–Kier alpha value is -1.08. The van der Waals surface area contributed by atoms with Crippen LogP contribution >= 0.6 is 11.6 Å². The number of hydrogen-bond donors (Lipinski definition) is 0. The van der Waals surface area contributed by atoms with Crippen molar-refractivity contribution in [1.29, 1.82) is 0 Å². The Morgan fingerprint density at radius 1 is 1.64 bits per heavy atom. The van der Waals surface area contributed by atoms with Crippen molar-refractivity contribution in [3.8, 4) is 0 Å². The molecular weight excluding hydrogens is 196 g/mol. The summed E-state index contributed by atoms with van der Waals surface area (Å²) in [6, 6.07) is 7.49. The van der Waals surface area contributed by atoms with Crippen LogP contribution in [0.2, 0.25) is 0 Å². The Morgan fingerprint density at radius 3 is 2.93 bits per heavy atom. The van der Waals surface area contributed by atoms with Crippen molar-refractivity contribution in [2.24, 2.45) is 0 Å². The van der Waals surface area contributed by atoms with Crippen LogP contribution in [0.4, 0.5) is 0 Å². The third-order valence-corrected chi connectivity index (χ3v) is 2.15. The highest BCUT2D eigenvalue weighted by Gasteiger charge is 2.11. The Labute approximate surface area is 89.4 Å². The van der Waals surface area contributed by atoms with E-state index in [9.17, 15) is 4.79 Å². The molecule has 0 aliphatic heterocycles. The summed E-state index contributed by atoms with van der Waals surface area (Å²) in [4.78, 5) is 11.5. The van der Waals surface area contributed by atoms with E-state index in [2.05, 4.69) is 6.58 Å². The van der Waals surface area contributed by atoms with Crippen LogP contribution in [0.25, 0.3) is 0 Å². The van der Waals surface area contributed by atoms with Gasteiger partial charge in [0, 0.05) is 5.56 Å². The zero-order valence-corrected chi connectivity index (χ0v) is 8.92. The van der Waals surface area contributed by atoms with Gasteiger partial charge in [0.15, 0.2) is 5.78 Å². The van der Waals surface area contributed by atoms with Crippen molar-refractivity contribution >= 4 is 17.4 Å². The maximum absolute atomic E-state index is 11.5. The van der Waals surface area contributed by atoms with Gasteiger partial charge in [0.2, 0.25) is 0 Å². The van der Waals surface area contributed by atoms with Crippen LogP contribution < -0.4 is 0 Å². The average molecular weight is 209 g/mol. The van der Waals surface area contributed by atoms with Crippen LogP contribution in [0.15, 0.2) is 36.9 Å². The van der Waals surface area contributed by atoms with Crippen molar-refractivity contribution in [2.45, 2.75) is 18.7 Å². The van der Waals surface area contributed by atoms with E-state index in [1.54, 1.807) is 13.0 Å². The molecule has 1 unspecified atom stereocenters. The summed E-state index contributed by atoms with van der Waals surface area (Å²) in [5, 5.41) is -0.464. The number of hydrogen-bond acceptors (Lipinski definition) is 1. The molecule has 0 spiro atoms. The van der Waals surface area contributed by atoms with Crippen LogP contribution in [-0.4, -0.2) is 11.2 Å². The van der Waals surface area contributed by atoms with Crippen LogP contribution in [0.3, 0.4) is 0 Å². The van der Waals surface area contributed by atoms with E-state index in [4.69, 9.17) is 11.6 Å². The standard InChI is InChI=1S/C12H13ClO/c1-3-5-10-6-4-7-11(8-10)12(14)9(2)13/h3-4,6-9H,1,5H2,2H3. The van der Waals surface area contributed by atoms with Crippen molar-refractivity contribution in [3.63, 3.8) is 0 Å². The Bertz CT molecular complexity index is 342. The monoisotopic (exact) mass is 208 g/mol. The van der Waals surface area contributed by atoms with E-state index in [0.717, 1.165) is 12.0 Å². The lowest BCUT2D eigenvalue weighted by Gasteiger charge is -2.04. The summed E-state index contributed by atoms with van der Waals surface area (Å²) in [6.07, 6.45) is 2.59. The van der Waals surface area contributed by atoms with Gasteiger partial charge in [-0.15, -0.1) is 18.2 Å². The molecule has 1 atom stereocenters. The van der Waals surface area contributed by atoms with Gasteiger partial charge < -0.3 is 0 Å². The van der Waals surface area contributed by atoms with Crippen molar-refractivity contribution in [3.05, 3.63) is 48.0 Å². The van der Waals surface area contributed by atoms with Gasteiger partial charge in [0.25, 0.3) is 0 Å². The fourth-order valence-electron chi connectivity index (χ4n) is 1.25. The maximum Gasteiger partial charge on any atom is 0.180 e. The molecule has 0 radical (unpaired) electrons. The zero-order valence-electron chi connectivity index (χ0n) is 8.16. The van der Waals surface area contributed by atoms with Crippen molar-refractivity contribution in [1.82, 2.24) is 0 Å². The highest BCUT2D eigenvalue weighted by molar-refractivity contribution is 6.33. The number of allylic oxidation sites excluding steroid dienone is 1. The summed E-state index contributed by atoms with van der Waals surface area (Å²) in [5.74, 6) is -0.0300. The normalized spacial score (nSPS) is 12.1. The lowest BCUT2D eigenvalue weighted by molar-refractivity contribution is 0.0991. The largest absolute Gasteiger partial charge is 0.293 e. The van der Waals surface area contributed by atoms with Crippen LogP contribution in [-0.2, 0) is 6.42 Å². The summed E-state index contributed by atoms with van der Waals surface area (Å²) < 4.78 is 0. The third kappa shape index (κ3) is 2.71. The first-order valence-corrected chi connectivity index (χ1v) is 4.97. The number of rotatable bonds is 4. The van der Waals surface area contributed by atoms with Gasteiger partial charge in [-0.3, -0.25) is 4.79 Å². The molecule has 0 amide bonds. The van der Waals surface area contributed by atoms with Crippen LogP contribution in [0, 0.1) is 0 Å². The number of carbonyl (C=O) groups is 1. The zero-order chi connectivity index (χ0) is 10.6. The number of benzene rings is 1. The van der Waals surface area contributed by atoms with Crippen LogP contribution in [0.5, 0.6) is 0 Å². The summed E-state index contributed by atoms with van der Waals surface area (Å²) in [5.41, 5.74) is 1.76. The Balaban J connectivity index is 2.93. The second-order valence-electron chi connectivity index (χ2n) is 3.17. The number of ketones is 1. The molecule has 1 rings (SSSR count). The maximum atomic E-state index is 11.5. The van der Waals surface area contributed by atoms with Gasteiger partial charge >= 0.3 is 0 Å². The molecule has 0 heterocycles. The predicted molar refractivity (Wildman–Crippen MR) is 60.0 cm³/mol. The molecule has 0 saturated heterocycles. The lowest BCUT2D eigenvalue weighted by atomic mass is 10.0. The molecular formula is C12H13ClO. The molecule has 1 aromatic carbocycles. The molecule has 14 heavy (non-hydrogen) atoms. The fourth-order valence-corrected chi connectivity index (χ4v) is 1.37. The van der Waals surface area contributed by atoms with E-state index in [1.807, 2.05) is 24.3 Å². The predicted octanol–water partition coefficient (Wildman–Crippen LogP) is 3.23. The number of alkyl halides is 1. The van der Waals surface area contributed by atoms with E-state index in [0.29, 0.717) is 5.56 Å². The topological polar surface area (TPSA) is 17.1 Å². The summed E-state index contributed by atoms with van der Waals surface area (Å²) >= 11 is 5.72. The Morgan fingerprint density at radius 2 is 2.36 bits per heavy atom. The SMILES string of the molecule is C=CCc1cccc(C(=O)C(C)Cl)c1. The highest BCUT2D eigenvalue weighted by atomic mass is 35.5. The van der Waals surface area contributed by atoms with Gasteiger partial charge in [-0.05, 0) is 25.0 Å². The van der Waals surface area contributed by atoms with Gasteiger partial charge in [-0.2, -0.15) is 0 Å². The second-order valence-corrected chi connectivity index (χ2v) is 3.83. The minimum absolute atomic E-state index is 0.0300. The summed E-state index contributed by atoms with van der Waals surface area (Å²) in [7, 11) is 0. The molecule has 0 aliphatic carbocycles. The molecule has 0 aliphatic rings. The molecule has 0 N–H and O–H groups in total. The van der Waals surface area contributed by atoms with Gasteiger partial charge in [-0.1, -0.05) is 24.3 Å². The Kier molecular flexibility index (Phi) is 3.90. The first kappa shape index (κ1) is 11.0. The van der Waals surface area contributed by atoms with Crippen molar-refractivity contribution < 1.29 is 4.79 Å². The fraction of sp³-hybridized carbons (Fsp3) is 0.250. The van der Waals surface area contributed by atoms with E-state index in [1.165, 1.54) is 0 Å². The number of Topliss-reactive ketones (excluding diaryl/α,β-unsaturated/α-hetero) is 1. The smallest absolute Gasteiger partial charge is 0.180 e. The molecule has 0 fully saturated rings. The van der Waals surface area contributed by atoms with Crippen molar-refractivity contribution in [2.75, 3.05) is 0 Å². The second kappa shape index (κ2) is 4.97. The van der Waals surface area contributed by atoms with E-state index >= 15 is 0 Å². The minimum Gasteiger partial charge on any atom is -0.293 e. The van der Waals surface area contributed by atoms with E-state index in [-0.39, 0.29) is 5.78 Å². The highest BCUT2D eigenvalue weighted by Crippen LogP contribution is 2.11. The molecule has 2 heteroatoms. The van der Waals surface area contributed by atoms with Gasteiger partial charge in [0.05, 0.1) is 5.38 Å². The van der Waals surface area contributed by atoms with Gasteiger partial charge in [0.1, 0.15) is 0 Å². The molecule has 1 nitrogen and oxygen atoms in total. The third-order valence-electron chi connectivity index (χ3n) is 1.95. The first-order chi connectivity index (χ1) is 6.65. The number of carbonyl (C=O) groups excluding carboxylic acids is 1. The lowest BCUT2D eigenvalue weighted by Crippen LogP contribution is -2.10. The molecule has 0 saturated carbocycles. The average Bonchev–Trinajstić information content (AvgIpc) is 2.17. The molecule has 1 aromatic rings. The molecule has 74 valence electrons. The first-order valence-electron chi connectivity index (χ1n) is 4.53. The number of halogens is 1. The van der Waals surface area contributed by atoms with E-state index < -0.39 is 5.38 Å². The summed E-state index contributed by atoms with van der Waals surface area (Å²) in [6.45, 7) is 5.34. The minimum atomic E-state index is -0.464. The van der Waals surface area contributed by atoms with Crippen LogP contribution in [0.1, 0.15) is 22.8 Å². The van der Waals surface area contributed by atoms with Gasteiger partial charge in [-0.25, -0.2) is 0 Å². The quantitative estimate of drug-likeness (QED) is 0.422.